The van der Waals surface area contributed by atoms with Crippen molar-refractivity contribution in [3.05, 3.63) is 34.6 Å². The van der Waals surface area contributed by atoms with Crippen molar-refractivity contribution in [3.63, 3.8) is 0 Å². The number of benzene rings is 1. The molecule has 0 radical (unpaired) electrons. The molecule has 1 atom stereocenters. The van der Waals surface area contributed by atoms with Crippen LogP contribution < -0.4 is 0 Å². The molecule has 0 aromatic heterocycles. The molecule has 114 valence electrons. The second-order valence-electron chi connectivity index (χ2n) is 7.91. The number of hydrogen-bond donors (Lipinski definition) is 1. The minimum Gasteiger partial charge on any atom is -0.388 e. The Morgan fingerprint density at radius 3 is 1.90 bits per heavy atom. The molecule has 2 heteroatoms. The van der Waals surface area contributed by atoms with Gasteiger partial charge in [-0.05, 0) is 104 Å². The molecule has 4 aliphatic rings. The molecule has 0 heterocycles. The lowest BCUT2D eigenvalue weighted by Crippen LogP contribution is -2.47. The predicted molar refractivity (Wildman–Crippen MR) is 81.4 cm³/mol. The summed E-state index contributed by atoms with van der Waals surface area (Å²) < 4.78 is 13.5. The minimum atomic E-state index is -0.402. The van der Waals surface area contributed by atoms with Gasteiger partial charge in [-0.2, -0.15) is 0 Å². The van der Waals surface area contributed by atoms with Crippen molar-refractivity contribution in [3.8, 4) is 0 Å². The smallest absolute Gasteiger partial charge is 0.123 e. The number of rotatable bonds is 2. The van der Waals surface area contributed by atoms with Gasteiger partial charge in [-0.15, -0.1) is 0 Å². The van der Waals surface area contributed by atoms with Crippen molar-refractivity contribution < 1.29 is 9.50 Å². The van der Waals surface area contributed by atoms with E-state index in [1.807, 2.05) is 13.8 Å². The molecule has 5 rings (SSSR count). The number of aliphatic hydroxyl groups excluding tert-OH is 1. The predicted octanol–water partition coefficient (Wildman–Crippen LogP) is 4.55. The van der Waals surface area contributed by atoms with Gasteiger partial charge in [-0.1, -0.05) is 0 Å². The maximum Gasteiger partial charge on any atom is 0.123 e. The highest BCUT2D eigenvalue weighted by Gasteiger charge is 2.50. The zero-order valence-electron chi connectivity index (χ0n) is 13.0. The fraction of sp³-hybridized carbons (Fsp3) is 0.684. The van der Waals surface area contributed by atoms with Gasteiger partial charge in [0.15, 0.2) is 0 Å². The van der Waals surface area contributed by atoms with Gasteiger partial charge < -0.3 is 5.11 Å². The Bertz CT molecular complexity index is 514. The minimum absolute atomic E-state index is 0.189. The van der Waals surface area contributed by atoms with E-state index < -0.39 is 6.10 Å². The molecule has 1 N–H and O–H groups in total. The van der Waals surface area contributed by atoms with E-state index in [2.05, 4.69) is 0 Å². The third-order valence-electron chi connectivity index (χ3n) is 6.52. The summed E-state index contributed by atoms with van der Waals surface area (Å²) in [6.07, 6.45) is 6.29. The van der Waals surface area contributed by atoms with Crippen LogP contribution >= 0.6 is 0 Å². The van der Waals surface area contributed by atoms with E-state index in [-0.39, 0.29) is 5.82 Å². The lowest BCUT2D eigenvalue weighted by atomic mass is 9.50. The van der Waals surface area contributed by atoms with Crippen molar-refractivity contribution >= 4 is 0 Å². The van der Waals surface area contributed by atoms with Crippen LogP contribution in [0.1, 0.15) is 54.9 Å². The van der Waals surface area contributed by atoms with Crippen LogP contribution in [0.4, 0.5) is 4.39 Å². The van der Waals surface area contributed by atoms with Gasteiger partial charge in [0, 0.05) is 0 Å². The van der Waals surface area contributed by atoms with Gasteiger partial charge in [0.1, 0.15) is 5.82 Å². The van der Waals surface area contributed by atoms with E-state index in [1.165, 1.54) is 32.1 Å². The Hall–Kier alpha value is -0.890. The van der Waals surface area contributed by atoms with Crippen LogP contribution in [-0.2, 0) is 0 Å². The van der Waals surface area contributed by atoms with E-state index >= 15 is 0 Å². The summed E-state index contributed by atoms with van der Waals surface area (Å²) >= 11 is 0. The fourth-order valence-electron chi connectivity index (χ4n) is 6.06. The van der Waals surface area contributed by atoms with Crippen molar-refractivity contribution in [1.29, 1.82) is 0 Å². The SMILES string of the molecule is Cc1cc(F)cc(C)c1C(O)C1C2CC3CC(C2)CC1C3. The summed E-state index contributed by atoms with van der Waals surface area (Å²) in [5.74, 6) is 3.45. The molecule has 1 unspecified atom stereocenters. The first kappa shape index (κ1) is 13.8. The van der Waals surface area contributed by atoms with Gasteiger partial charge >= 0.3 is 0 Å². The molecular formula is C19H25FO. The lowest BCUT2D eigenvalue weighted by Gasteiger charge is -2.55. The fourth-order valence-corrected chi connectivity index (χ4v) is 6.06. The highest BCUT2D eigenvalue weighted by molar-refractivity contribution is 5.36. The number of halogens is 1. The molecule has 21 heavy (non-hydrogen) atoms. The van der Waals surface area contributed by atoms with Gasteiger partial charge in [0.05, 0.1) is 6.10 Å². The Labute approximate surface area is 126 Å². The molecular weight excluding hydrogens is 263 g/mol. The van der Waals surface area contributed by atoms with Gasteiger partial charge in [0.25, 0.3) is 0 Å². The van der Waals surface area contributed by atoms with E-state index in [4.69, 9.17) is 0 Å². The highest BCUT2D eigenvalue weighted by Crippen LogP contribution is 2.59. The van der Waals surface area contributed by atoms with E-state index in [9.17, 15) is 9.50 Å². The summed E-state index contributed by atoms with van der Waals surface area (Å²) in [5.41, 5.74) is 2.82. The van der Waals surface area contributed by atoms with Crippen LogP contribution in [-0.4, -0.2) is 5.11 Å². The average molecular weight is 288 g/mol. The van der Waals surface area contributed by atoms with E-state index in [0.717, 1.165) is 28.5 Å². The Balaban J connectivity index is 1.68. The molecule has 1 aromatic rings. The molecule has 4 fully saturated rings. The van der Waals surface area contributed by atoms with E-state index in [0.29, 0.717) is 17.8 Å². The average Bonchev–Trinajstić information content (AvgIpc) is 2.35. The van der Waals surface area contributed by atoms with Gasteiger partial charge in [-0.3, -0.25) is 0 Å². The zero-order valence-corrected chi connectivity index (χ0v) is 13.0. The van der Waals surface area contributed by atoms with Crippen molar-refractivity contribution in [2.24, 2.45) is 29.6 Å². The topological polar surface area (TPSA) is 20.2 Å². The van der Waals surface area contributed by atoms with Crippen LogP contribution in [0.15, 0.2) is 12.1 Å². The number of aliphatic hydroxyl groups is 1. The Morgan fingerprint density at radius 2 is 1.43 bits per heavy atom. The molecule has 0 spiro atoms. The molecule has 4 saturated carbocycles. The Morgan fingerprint density at radius 1 is 0.952 bits per heavy atom. The summed E-state index contributed by atoms with van der Waals surface area (Å²) in [7, 11) is 0. The maximum absolute atomic E-state index is 13.5. The van der Waals surface area contributed by atoms with Crippen molar-refractivity contribution in [2.75, 3.05) is 0 Å². The molecule has 1 nitrogen and oxygen atoms in total. The first-order chi connectivity index (χ1) is 10.0. The van der Waals surface area contributed by atoms with Crippen LogP contribution in [0, 0.1) is 49.3 Å². The quantitative estimate of drug-likeness (QED) is 0.846. The summed E-state index contributed by atoms with van der Waals surface area (Å²) in [6, 6.07) is 3.14. The normalized spacial score (nSPS) is 38.8. The molecule has 4 aliphatic carbocycles. The summed E-state index contributed by atoms with van der Waals surface area (Å²) in [5, 5.41) is 11.1. The summed E-state index contributed by atoms with van der Waals surface area (Å²) in [4.78, 5) is 0. The van der Waals surface area contributed by atoms with Crippen molar-refractivity contribution in [2.45, 2.75) is 52.1 Å². The van der Waals surface area contributed by atoms with Crippen LogP contribution in [0.5, 0.6) is 0 Å². The standard InChI is InChI=1S/C19H25FO/c1-10-3-16(20)4-11(2)17(10)19(21)18-14-6-12-5-13(8-14)9-15(18)7-12/h3-4,12-15,18-19,21H,5-9H2,1-2H3. The molecule has 0 amide bonds. The molecule has 4 bridgehead atoms. The monoisotopic (exact) mass is 288 g/mol. The van der Waals surface area contributed by atoms with Crippen molar-refractivity contribution in [1.82, 2.24) is 0 Å². The third-order valence-corrected chi connectivity index (χ3v) is 6.52. The first-order valence-electron chi connectivity index (χ1n) is 8.47. The highest BCUT2D eigenvalue weighted by atomic mass is 19.1. The number of aryl methyl sites for hydroxylation is 2. The van der Waals surface area contributed by atoms with Crippen LogP contribution in [0.25, 0.3) is 0 Å². The molecule has 0 aliphatic heterocycles. The molecule has 1 aromatic carbocycles. The van der Waals surface area contributed by atoms with Crippen LogP contribution in [0.3, 0.4) is 0 Å². The molecule has 0 saturated heterocycles. The van der Waals surface area contributed by atoms with Crippen LogP contribution in [0.2, 0.25) is 0 Å². The van der Waals surface area contributed by atoms with Gasteiger partial charge in [0.2, 0.25) is 0 Å². The summed E-state index contributed by atoms with van der Waals surface area (Å²) in [6.45, 7) is 3.87. The van der Waals surface area contributed by atoms with E-state index in [1.54, 1.807) is 12.1 Å². The second-order valence-corrected chi connectivity index (χ2v) is 7.91. The third kappa shape index (κ3) is 2.14. The maximum atomic E-state index is 13.5. The van der Waals surface area contributed by atoms with Gasteiger partial charge in [-0.25, -0.2) is 4.39 Å². The second kappa shape index (κ2) is 4.81. The largest absolute Gasteiger partial charge is 0.388 e. The Kier molecular flexibility index (Phi) is 3.15. The zero-order chi connectivity index (χ0) is 14.7. The lowest BCUT2D eigenvalue weighted by molar-refractivity contribution is -0.0911. The number of hydrogen-bond acceptors (Lipinski definition) is 1. The first-order valence-corrected chi connectivity index (χ1v) is 8.47.